The maximum absolute atomic E-state index is 13.6. The van der Waals surface area contributed by atoms with E-state index in [9.17, 15) is 4.39 Å². The number of morpholine rings is 1. The van der Waals surface area contributed by atoms with Crippen molar-refractivity contribution in [3.05, 3.63) is 33.5 Å². The molecule has 0 saturated carbocycles. The van der Waals surface area contributed by atoms with Crippen LogP contribution in [0.15, 0.2) is 16.6 Å². The number of rotatable bonds is 2. The average molecular weight is 288 g/mol. The molecule has 2 nitrogen and oxygen atoms in total. The van der Waals surface area contributed by atoms with E-state index >= 15 is 0 Å². The number of nitrogens with one attached hydrogen (secondary N) is 1. The molecule has 1 aromatic rings. The highest BCUT2D eigenvalue weighted by Gasteiger charge is 2.18. The van der Waals surface area contributed by atoms with Gasteiger partial charge in [-0.2, -0.15) is 0 Å². The summed E-state index contributed by atoms with van der Waals surface area (Å²) in [7, 11) is 0. The van der Waals surface area contributed by atoms with Crippen molar-refractivity contribution in [3.8, 4) is 0 Å². The predicted molar refractivity (Wildman–Crippen MR) is 65.0 cm³/mol. The Hall–Kier alpha value is -0.450. The first-order valence-corrected chi connectivity index (χ1v) is 6.31. The molecule has 16 heavy (non-hydrogen) atoms. The van der Waals surface area contributed by atoms with Crippen molar-refractivity contribution in [2.24, 2.45) is 0 Å². The zero-order chi connectivity index (χ0) is 11.5. The largest absolute Gasteiger partial charge is 0.371 e. The second-order valence-corrected chi connectivity index (χ2v) is 4.75. The third-order valence-corrected chi connectivity index (χ3v) is 3.38. The summed E-state index contributed by atoms with van der Waals surface area (Å²) in [5.41, 5.74) is 1.77. The van der Waals surface area contributed by atoms with Crippen LogP contribution in [0.1, 0.15) is 24.2 Å². The molecule has 0 spiro atoms. The minimum absolute atomic E-state index is 0.0379. The quantitative estimate of drug-likeness (QED) is 0.903. The lowest BCUT2D eigenvalue weighted by molar-refractivity contribution is 0.0276. The van der Waals surface area contributed by atoms with E-state index in [1.807, 2.05) is 19.1 Å². The van der Waals surface area contributed by atoms with Gasteiger partial charge in [0, 0.05) is 13.1 Å². The summed E-state index contributed by atoms with van der Waals surface area (Å²) in [6, 6.07) is 3.71. The molecule has 1 heterocycles. The van der Waals surface area contributed by atoms with E-state index in [2.05, 4.69) is 21.2 Å². The maximum Gasteiger partial charge on any atom is 0.140 e. The lowest BCUT2D eigenvalue weighted by Crippen LogP contribution is -2.33. The number of hydrogen-bond acceptors (Lipinski definition) is 2. The molecule has 0 aromatic heterocycles. The van der Waals surface area contributed by atoms with Crippen LogP contribution in [0.5, 0.6) is 0 Å². The van der Waals surface area contributed by atoms with E-state index in [1.54, 1.807) is 0 Å². The van der Waals surface area contributed by atoms with Crippen LogP contribution in [0, 0.1) is 5.82 Å². The number of halogens is 2. The van der Waals surface area contributed by atoms with Gasteiger partial charge in [0.1, 0.15) is 5.82 Å². The van der Waals surface area contributed by atoms with Gasteiger partial charge in [-0.15, -0.1) is 0 Å². The van der Waals surface area contributed by atoms with Gasteiger partial charge in [-0.3, -0.25) is 0 Å². The van der Waals surface area contributed by atoms with Crippen LogP contribution < -0.4 is 5.32 Å². The standard InChI is InChI=1S/C12H15BrFNO/c1-2-8-5-9(6-10(13)12(8)14)11-7-15-3-4-16-11/h5-6,11,15H,2-4,7H2,1H3. The van der Waals surface area contributed by atoms with Crippen molar-refractivity contribution >= 4 is 15.9 Å². The summed E-state index contributed by atoms with van der Waals surface area (Å²) in [5.74, 6) is -0.157. The molecule has 2 rings (SSSR count). The molecular weight excluding hydrogens is 273 g/mol. The van der Waals surface area contributed by atoms with Crippen LogP contribution in [0.4, 0.5) is 4.39 Å². The van der Waals surface area contributed by atoms with Crippen molar-refractivity contribution in [2.75, 3.05) is 19.7 Å². The zero-order valence-corrected chi connectivity index (χ0v) is 10.8. The van der Waals surface area contributed by atoms with E-state index in [0.29, 0.717) is 17.5 Å². The molecule has 4 heteroatoms. The molecule has 1 saturated heterocycles. The Bertz CT molecular complexity index is 378. The second kappa shape index (κ2) is 5.25. The number of aryl methyl sites for hydroxylation is 1. The Kier molecular flexibility index (Phi) is 3.95. The lowest BCUT2D eigenvalue weighted by atomic mass is 10.0. The third kappa shape index (κ3) is 2.44. The molecule has 1 atom stereocenters. The number of ether oxygens (including phenoxy) is 1. The molecule has 1 unspecified atom stereocenters. The first-order valence-electron chi connectivity index (χ1n) is 5.52. The van der Waals surface area contributed by atoms with Gasteiger partial charge in [0.25, 0.3) is 0 Å². The van der Waals surface area contributed by atoms with Gasteiger partial charge in [0.15, 0.2) is 0 Å². The highest BCUT2D eigenvalue weighted by molar-refractivity contribution is 9.10. The summed E-state index contributed by atoms with van der Waals surface area (Å²) in [4.78, 5) is 0. The first kappa shape index (κ1) is 12.0. The Labute approximate surface area is 103 Å². The maximum atomic E-state index is 13.6. The van der Waals surface area contributed by atoms with Crippen molar-refractivity contribution in [1.82, 2.24) is 5.32 Å². The Balaban J connectivity index is 2.29. The molecule has 0 radical (unpaired) electrons. The van der Waals surface area contributed by atoms with Crippen molar-refractivity contribution in [3.63, 3.8) is 0 Å². The van der Waals surface area contributed by atoms with Crippen molar-refractivity contribution < 1.29 is 9.13 Å². The molecule has 0 aliphatic carbocycles. The Morgan fingerprint density at radius 3 is 3.00 bits per heavy atom. The van der Waals surface area contributed by atoms with Crippen molar-refractivity contribution in [2.45, 2.75) is 19.4 Å². The summed E-state index contributed by atoms with van der Waals surface area (Å²) in [5, 5.41) is 3.27. The minimum atomic E-state index is -0.157. The van der Waals surface area contributed by atoms with E-state index < -0.39 is 0 Å². The van der Waals surface area contributed by atoms with Crippen LogP contribution in [0.3, 0.4) is 0 Å². The van der Waals surface area contributed by atoms with Gasteiger partial charge in [-0.05, 0) is 39.5 Å². The molecular formula is C12H15BrFNO. The fraction of sp³-hybridized carbons (Fsp3) is 0.500. The lowest BCUT2D eigenvalue weighted by Gasteiger charge is -2.24. The van der Waals surface area contributed by atoms with Gasteiger partial charge >= 0.3 is 0 Å². The van der Waals surface area contributed by atoms with Crippen molar-refractivity contribution in [1.29, 1.82) is 0 Å². The molecule has 0 amide bonds. The highest BCUT2D eigenvalue weighted by atomic mass is 79.9. The second-order valence-electron chi connectivity index (χ2n) is 3.89. The molecule has 1 N–H and O–H groups in total. The summed E-state index contributed by atoms with van der Waals surface area (Å²) in [6.45, 7) is 4.34. The SMILES string of the molecule is CCc1cc(C2CNCCO2)cc(Br)c1F. The summed E-state index contributed by atoms with van der Waals surface area (Å²) >= 11 is 3.25. The number of benzene rings is 1. The summed E-state index contributed by atoms with van der Waals surface area (Å²) in [6.07, 6.45) is 0.731. The van der Waals surface area contributed by atoms with Crippen LogP contribution >= 0.6 is 15.9 Å². The molecule has 0 bridgehead atoms. The minimum Gasteiger partial charge on any atom is -0.371 e. The van der Waals surface area contributed by atoms with E-state index in [4.69, 9.17) is 4.74 Å². The molecule has 1 aromatic carbocycles. The topological polar surface area (TPSA) is 21.3 Å². The third-order valence-electron chi connectivity index (χ3n) is 2.81. The van der Waals surface area contributed by atoms with Gasteiger partial charge in [0.05, 0.1) is 17.2 Å². The van der Waals surface area contributed by atoms with E-state index in [1.165, 1.54) is 0 Å². The predicted octanol–water partition coefficient (Wildman–Crippen LogP) is 2.81. The van der Waals surface area contributed by atoms with Gasteiger partial charge in [0.2, 0.25) is 0 Å². The number of hydrogen-bond donors (Lipinski definition) is 1. The molecule has 1 fully saturated rings. The zero-order valence-electron chi connectivity index (χ0n) is 9.22. The van der Waals surface area contributed by atoms with Crippen LogP contribution in [0.2, 0.25) is 0 Å². The molecule has 1 aliphatic heterocycles. The Morgan fingerprint density at radius 2 is 2.38 bits per heavy atom. The smallest absolute Gasteiger partial charge is 0.140 e. The van der Waals surface area contributed by atoms with Gasteiger partial charge < -0.3 is 10.1 Å². The first-order chi connectivity index (χ1) is 7.72. The molecule has 88 valence electrons. The fourth-order valence-electron chi connectivity index (χ4n) is 1.89. The fourth-order valence-corrected chi connectivity index (χ4v) is 2.41. The highest BCUT2D eigenvalue weighted by Crippen LogP contribution is 2.27. The Morgan fingerprint density at radius 1 is 1.56 bits per heavy atom. The normalized spacial score (nSPS) is 21.1. The van der Waals surface area contributed by atoms with Gasteiger partial charge in [-0.25, -0.2) is 4.39 Å². The van der Waals surface area contributed by atoms with Crippen LogP contribution in [-0.4, -0.2) is 19.7 Å². The van der Waals surface area contributed by atoms with E-state index in [-0.39, 0.29) is 11.9 Å². The molecule has 1 aliphatic rings. The monoisotopic (exact) mass is 287 g/mol. The summed E-state index contributed by atoms with van der Waals surface area (Å²) < 4.78 is 19.8. The van der Waals surface area contributed by atoms with E-state index in [0.717, 1.165) is 24.2 Å². The average Bonchev–Trinajstić information content (AvgIpc) is 2.33. The van der Waals surface area contributed by atoms with Crippen LogP contribution in [-0.2, 0) is 11.2 Å². The van der Waals surface area contributed by atoms with Gasteiger partial charge in [-0.1, -0.05) is 13.0 Å². The van der Waals surface area contributed by atoms with Crippen LogP contribution in [0.25, 0.3) is 0 Å².